The van der Waals surface area contributed by atoms with E-state index in [2.05, 4.69) is 10.4 Å². The third kappa shape index (κ3) is 4.99. The van der Waals surface area contributed by atoms with Crippen LogP contribution in [-0.2, 0) is 34.0 Å². The van der Waals surface area contributed by atoms with E-state index in [0.29, 0.717) is 23.5 Å². The van der Waals surface area contributed by atoms with Gasteiger partial charge in [-0.2, -0.15) is 5.10 Å². The van der Waals surface area contributed by atoms with Gasteiger partial charge >= 0.3 is 0 Å². The Kier molecular flexibility index (Phi) is 6.66. The monoisotopic (exact) mass is 493 g/mol. The van der Waals surface area contributed by atoms with E-state index in [1.807, 2.05) is 30.5 Å². The number of thiophene rings is 1. The molecular formula is C22H31N5O4S2. The molecule has 11 heteroatoms. The number of likely N-dealkylation sites (N-methyl/N-ethyl adjacent to an activating group) is 1. The molecular weight excluding hydrogens is 462 g/mol. The third-order valence-corrected chi connectivity index (χ3v) is 9.50. The number of primary amides is 1. The minimum absolute atomic E-state index is 0.125. The molecule has 2 aromatic rings. The molecule has 1 fully saturated rings. The molecule has 9 nitrogen and oxygen atoms in total. The Bertz CT molecular complexity index is 1200. The van der Waals surface area contributed by atoms with Crippen LogP contribution in [0.5, 0.6) is 0 Å². The van der Waals surface area contributed by atoms with Crippen LogP contribution < -0.4 is 11.1 Å². The lowest BCUT2D eigenvalue weighted by Gasteiger charge is -2.17. The number of amides is 2. The first-order chi connectivity index (χ1) is 15.6. The molecule has 180 valence electrons. The molecule has 2 aliphatic rings. The zero-order valence-corrected chi connectivity index (χ0v) is 20.9. The Morgan fingerprint density at radius 1 is 1.27 bits per heavy atom. The van der Waals surface area contributed by atoms with Crippen LogP contribution in [0.4, 0.5) is 5.00 Å². The van der Waals surface area contributed by atoms with Crippen molar-refractivity contribution in [1.82, 2.24) is 14.7 Å². The van der Waals surface area contributed by atoms with Crippen LogP contribution in [-0.4, -0.2) is 60.0 Å². The molecule has 0 radical (unpaired) electrons. The summed E-state index contributed by atoms with van der Waals surface area (Å²) in [6, 6.07) is -0.131. The van der Waals surface area contributed by atoms with Crippen molar-refractivity contribution in [3.8, 4) is 0 Å². The van der Waals surface area contributed by atoms with E-state index in [0.717, 1.165) is 53.1 Å². The summed E-state index contributed by atoms with van der Waals surface area (Å²) in [5.74, 6) is -0.376. The lowest BCUT2D eigenvalue weighted by molar-refractivity contribution is -0.117. The topological polar surface area (TPSA) is 127 Å². The highest BCUT2D eigenvalue weighted by atomic mass is 32.2. The minimum Gasteiger partial charge on any atom is -0.365 e. The Morgan fingerprint density at radius 2 is 2.00 bits per heavy atom. The average Bonchev–Trinajstić information content (AvgIpc) is 3.36. The lowest BCUT2D eigenvalue weighted by atomic mass is 9.95. The smallest absolute Gasteiger partial charge is 0.251 e. The highest BCUT2D eigenvalue weighted by Gasteiger charge is 2.31. The summed E-state index contributed by atoms with van der Waals surface area (Å²) in [5.41, 5.74) is 9.86. The van der Waals surface area contributed by atoms with E-state index in [1.165, 1.54) is 11.3 Å². The summed E-state index contributed by atoms with van der Waals surface area (Å²) in [7, 11) is -1.15. The number of aryl methyl sites for hydroxylation is 2. The van der Waals surface area contributed by atoms with Gasteiger partial charge in [0, 0.05) is 22.7 Å². The van der Waals surface area contributed by atoms with E-state index >= 15 is 0 Å². The molecule has 1 aliphatic carbocycles. The van der Waals surface area contributed by atoms with Crippen LogP contribution in [0.2, 0.25) is 0 Å². The van der Waals surface area contributed by atoms with Crippen molar-refractivity contribution in [2.45, 2.75) is 58.5 Å². The third-order valence-electron chi connectivity index (χ3n) is 6.54. The normalized spacial score (nSPS) is 19.6. The summed E-state index contributed by atoms with van der Waals surface area (Å²) in [4.78, 5) is 27.9. The maximum atomic E-state index is 12.8. The van der Waals surface area contributed by atoms with Crippen molar-refractivity contribution < 1.29 is 18.0 Å². The van der Waals surface area contributed by atoms with E-state index in [9.17, 15) is 18.0 Å². The number of hydrogen-bond acceptors (Lipinski definition) is 7. The van der Waals surface area contributed by atoms with Gasteiger partial charge in [0.2, 0.25) is 5.91 Å². The summed E-state index contributed by atoms with van der Waals surface area (Å²) in [5, 5.41) is 8.06. The second-order valence-electron chi connectivity index (χ2n) is 9.15. The number of anilines is 1. The maximum Gasteiger partial charge on any atom is 0.251 e. The Hall–Kier alpha value is -2.24. The number of hydrogen-bond donors (Lipinski definition) is 2. The fourth-order valence-corrected chi connectivity index (χ4v) is 7.90. The van der Waals surface area contributed by atoms with Gasteiger partial charge in [-0.25, -0.2) is 8.42 Å². The molecule has 0 aromatic carbocycles. The molecule has 0 saturated carbocycles. The van der Waals surface area contributed by atoms with Crippen LogP contribution in [0.25, 0.3) is 0 Å². The molecule has 0 spiro atoms. The lowest BCUT2D eigenvalue weighted by Crippen LogP contribution is -2.30. The summed E-state index contributed by atoms with van der Waals surface area (Å²) < 4.78 is 25.6. The molecule has 1 aliphatic heterocycles. The van der Waals surface area contributed by atoms with Crippen LogP contribution >= 0.6 is 11.3 Å². The highest BCUT2D eigenvalue weighted by Crippen LogP contribution is 2.38. The van der Waals surface area contributed by atoms with Crippen molar-refractivity contribution in [3.05, 3.63) is 33.0 Å². The van der Waals surface area contributed by atoms with Crippen LogP contribution in [0.1, 0.15) is 63.1 Å². The first-order valence-corrected chi connectivity index (χ1v) is 13.9. The maximum absolute atomic E-state index is 12.8. The van der Waals surface area contributed by atoms with Gasteiger partial charge in [0.25, 0.3) is 5.91 Å². The number of nitrogens with one attached hydrogen (secondary N) is 1. The van der Waals surface area contributed by atoms with Crippen LogP contribution in [0.3, 0.4) is 0 Å². The van der Waals surface area contributed by atoms with E-state index < -0.39 is 15.7 Å². The van der Waals surface area contributed by atoms with Crippen LogP contribution in [0.15, 0.2) is 0 Å². The molecule has 2 amide bonds. The summed E-state index contributed by atoms with van der Waals surface area (Å²) in [6.45, 7) is 4.51. The first-order valence-electron chi connectivity index (χ1n) is 11.2. The van der Waals surface area contributed by atoms with Gasteiger partial charge in [0.05, 0.1) is 35.3 Å². The summed E-state index contributed by atoms with van der Waals surface area (Å²) >= 11 is 1.46. The van der Waals surface area contributed by atoms with Crippen molar-refractivity contribution in [3.63, 3.8) is 0 Å². The second kappa shape index (κ2) is 9.19. The van der Waals surface area contributed by atoms with Crippen molar-refractivity contribution in [1.29, 1.82) is 0 Å². The number of carbonyl (C=O) groups is 2. The molecule has 1 saturated heterocycles. The number of fused-ring (bicyclic) bond motifs is 1. The van der Waals surface area contributed by atoms with Gasteiger partial charge in [-0.05, 0) is 58.6 Å². The number of carbonyl (C=O) groups excluding carboxylic acids is 2. The standard InChI is InChI=1S/C22H31N5O4S2/c1-13-17(14(2)27(25-13)15-8-9-33(30,31)12-15)10-26(3)11-19(28)24-22-20(21(23)29)16-6-4-5-7-18(16)32-22/h15H,4-12H2,1-3H3,(H2,23,29)(H,24,28)/t15-/m1/s1. The fraction of sp³-hybridized carbons (Fsp3) is 0.591. The van der Waals surface area contributed by atoms with Gasteiger partial charge in [-0.15, -0.1) is 11.3 Å². The van der Waals surface area contributed by atoms with Crippen LogP contribution in [0, 0.1) is 13.8 Å². The molecule has 1 atom stereocenters. The van der Waals surface area contributed by atoms with Gasteiger partial charge < -0.3 is 11.1 Å². The van der Waals surface area contributed by atoms with Gasteiger partial charge in [0.15, 0.2) is 9.84 Å². The molecule has 3 N–H and O–H groups in total. The molecule has 4 rings (SSSR count). The zero-order valence-electron chi connectivity index (χ0n) is 19.3. The van der Waals surface area contributed by atoms with Gasteiger partial charge in [0.1, 0.15) is 5.00 Å². The average molecular weight is 494 g/mol. The first kappa shape index (κ1) is 23.9. The molecule has 3 heterocycles. The minimum atomic E-state index is -3.00. The fourth-order valence-electron chi connectivity index (χ4n) is 4.90. The highest BCUT2D eigenvalue weighted by molar-refractivity contribution is 7.91. The Balaban J connectivity index is 1.43. The van der Waals surface area contributed by atoms with E-state index in [1.54, 1.807) is 0 Å². The summed E-state index contributed by atoms with van der Waals surface area (Å²) in [6.07, 6.45) is 4.43. The zero-order chi connectivity index (χ0) is 23.9. The van der Waals surface area contributed by atoms with Gasteiger partial charge in [-0.1, -0.05) is 0 Å². The number of nitrogens with zero attached hydrogens (tertiary/aromatic N) is 3. The van der Waals surface area contributed by atoms with Gasteiger partial charge in [-0.3, -0.25) is 19.2 Å². The quantitative estimate of drug-likeness (QED) is 0.607. The number of aromatic nitrogens is 2. The Labute approximate surface area is 198 Å². The molecule has 0 unspecified atom stereocenters. The number of sulfone groups is 1. The van der Waals surface area contributed by atoms with Crippen molar-refractivity contribution in [2.75, 3.05) is 30.4 Å². The van der Waals surface area contributed by atoms with E-state index in [4.69, 9.17) is 5.73 Å². The largest absolute Gasteiger partial charge is 0.365 e. The predicted molar refractivity (Wildman–Crippen MR) is 128 cm³/mol. The predicted octanol–water partition coefficient (Wildman–Crippen LogP) is 1.97. The Morgan fingerprint density at radius 3 is 2.67 bits per heavy atom. The number of rotatable bonds is 7. The molecule has 2 aromatic heterocycles. The SMILES string of the molecule is Cc1nn([C@@H]2CCS(=O)(=O)C2)c(C)c1CN(C)CC(=O)Nc1sc2c(c1C(N)=O)CCCC2. The molecule has 0 bridgehead atoms. The number of nitrogens with two attached hydrogens (primary N) is 1. The van der Waals surface area contributed by atoms with Crippen molar-refractivity contribution >= 4 is 38.0 Å². The van der Waals surface area contributed by atoms with Crippen molar-refractivity contribution in [2.24, 2.45) is 5.73 Å². The van der Waals surface area contributed by atoms with E-state index in [-0.39, 0.29) is 30.0 Å². The second-order valence-corrected chi connectivity index (χ2v) is 12.5. The molecule has 33 heavy (non-hydrogen) atoms.